The standard InChI is InChI=1S/C27H30N4O5S/c1-36-22-11-13-23(14-12-22)37(34,35)28-16-15-26(32)29-25-10-6-5-9-24(25)27(33)31-19-17-30(18-20-31)21-7-3-2-4-8-21/h2-14,28H,15-20H2,1H3,(H,29,32). The van der Waals surface area contributed by atoms with Gasteiger partial charge in [-0.25, -0.2) is 13.1 Å². The van der Waals surface area contributed by atoms with Crippen molar-refractivity contribution in [2.24, 2.45) is 0 Å². The van der Waals surface area contributed by atoms with Crippen LogP contribution in [0.15, 0.2) is 83.8 Å². The SMILES string of the molecule is COc1ccc(S(=O)(=O)NCCC(=O)Nc2ccccc2C(=O)N2CCN(c3ccccc3)CC2)cc1. The lowest BCUT2D eigenvalue weighted by atomic mass is 10.1. The molecule has 194 valence electrons. The van der Waals surface area contributed by atoms with E-state index in [1.807, 2.05) is 18.2 Å². The quantitative estimate of drug-likeness (QED) is 0.447. The molecule has 1 heterocycles. The van der Waals surface area contributed by atoms with Gasteiger partial charge in [-0.2, -0.15) is 0 Å². The van der Waals surface area contributed by atoms with Crippen molar-refractivity contribution >= 4 is 33.2 Å². The summed E-state index contributed by atoms with van der Waals surface area (Å²) in [5.74, 6) is 0.0000113. The average molecular weight is 523 g/mol. The number of piperazine rings is 1. The maximum absolute atomic E-state index is 13.2. The molecule has 0 atom stereocenters. The minimum Gasteiger partial charge on any atom is -0.497 e. The van der Waals surface area contributed by atoms with Crippen LogP contribution in [0.3, 0.4) is 0 Å². The summed E-state index contributed by atoms with van der Waals surface area (Å²) >= 11 is 0. The molecule has 1 fully saturated rings. The van der Waals surface area contributed by atoms with Gasteiger partial charge in [-0.1, -0.05) is 30.3 Å². The van der Waals surface area contributed by atoms with Crippen molar-refractivity contribution in [1.82, 2.24) is 9.62 Å². The van der Waals surface area contributed by atoms with E-state index >= 15 is 0 Å². The molecule has 1 saturated heterocycles. The molecule has 2 N–H and O–H groups in total. The molecule has 0 spiro atoms. The molecule has 3 aromatic carbocycles. The molecule has 37 heavy (non-hydrogen) atoms. The van der Waals surface area contributed by atoms with E-state index in [0.29, 0.717) is 30.1 Å². The Bertz CT molecular complexity index is 1320. The van der Waals surface area contributed by atoms with E-state index < -0.39 is 15.9 Å². The van der Waals surface area contributed by atoms with E-state index in [2.05, 4.69) is 27.1 Å². The zero-order valence-electron chi connectivity index (χ0n) is 20.6. The Balaban J connectivity index is 1.31. The number of ether oxygens (including phenoxy) is 1. The van der Waals surface area contributed by atoms with Crippen LogP contribution in [0, 0.1) is 0 Å². The minimum absolute atomic E-state index is 0.0806. The van der Waals surface area contributed by atoms with Crippen LogP contribution in [-0.2, 0) is 14.8 Å². The monoisotopic (exact) mass is 522 g/mol. The van der Waals surface area contributed by atoms with Gasteiger partial charge in [-0.15, -0.1) is 0 Å². The van der Waals surface area contributed by atoms with Crippen LogP contribution in [0.1, 0.15) is 16.8 Å². The third-order valence-electron chi connectivity index (χ3n) is 6.13. The smallest absolute Gasteiger partial charge is 0.256 e. The van der Waals surface area contributed by atoms with Crippen molar-refractivity contribution in [1.29, 1.82) is 0 Å². The molecule has 1 aliphatic heterocycles. The minimum atomic E-state index is -3.76. The van der Waals surface area contributed by atoms with E-state index in [-0.39, 0.29) is 23.8 Å². The Morgan fingerprint density at radius 1 is 0.865 bits per heavy atom. The van der Waals surface area contributed by atoms with Crippen molar-refractivity contribution in [3.05, 3.63) is 84.4 Å². The Kier molecular flexibility index (Phi) is 8.42. The molecule has 1 aliphatic rings. The highest BCUT2D eigenvalue weighted by Crippen LogP contribution is 2.21. The fourth-order valence-corrected chi connectivity index (χ4v) is 5.14. The Labute approximate surface area is 217 Å². The van der Waals surface area contributed by atoms with Crippen molar-refractivity contribution in [3.63, 3.8) is 0 Å². The van der Waals surface area contributed by atoms with Crippen LogP contribution in [0.5, 0.6) is 5.75 Å². The summed E-state index contributed by atoms with van der Waals surface area (Å²) in [6, 6.07) is 22.9. The summed E-state index contributed by atoms with van der Waals surface area (Å²) < 4.78 is 32.4. The number of carbonyl (C=O) groups is 2. The van der Waals surface area contributed by atoms with Crippen molar-refractivity contribution < 1.29 is 22.7 Å². The molecule has 0 saturated carbocycles. The molecule has 0 aliphatic carbocycles. The zero-order chi connectivity index (χ0) is 26.3. The van der Waals surface area contributed by atoms with Crippen LogP contribution in [0.4, 0.5) is 11.4 Å². The molecular weight excluding hydrogens is 492 g/mol. The zero-order valence-corrected chi connectivity index (χ0v) is 21.4. The molecule has 9 nitrogen and oxygen atoms in total. The summed E-state index contributed by atoms with van der Waals surface area (Å²) in [7, 11) is -2.27. The fourth-order valence-electron chi connectivity index (χ4n) is 4.11. The maximum Gasteiger partial charge on any atom is 0.256 e. The van der Waals surface area contributed by atoms with Crippen LogP contribution in [0.25, 0.3) is 0 Å². The summed E-state index contributed by atoms with van der Waals surface area (Å²) in [6.07, 6.45) is -0.0896. The van der Waals surface area contributed by atoms with Gasteiger partial charge < -0.3 is 19.9 Å². The summed E-state index contributed by atoms with van der Waals surface area (Å²) in [4.78, 5) is 29.9. The van der Waals surface area contributed by atoms with Gasteiger partial charge in [0, 0.05) is 44.8 Å². The van der Waals surface area contributed by atoms with Gasteiger partial charge in [0.15, 0.2) is 0 Å². The predicted octanol–water partition coefficient (Wildman–Crippen LogP) is 2.96. The highest BCUT2D eigenvalue weighted by molar-refractivity contribution is 7.89. The van der Waals surface area contributed by atoms with Gasteiger partial charge in [-0.05, 0) is 48.5 Å². The number of rotatable bonds is 9. The van der Waals surface area contributed by atoms with Gasteiger partial charge in [0.2, 0.25) is 15.9 Å². The fraction of sp³-hybridized carbons (Fsp3) is 0.259. The normalized spacial score (nSPS) is 13.8. The van der Waals surface area contributed by atoms with E-state index in [1.165, 1.54) is 19.2 Å². The molecule has 0 aromatic heterocycles. The van der Waals surface area contributed by atoms with Crippen molar-refractivity contribution in [2.75, 3.05) is 50.1 Å². The number of amides is 2. The molecule has 10 heteroatoms. The number of methoxy groups -OCH3 is 1. The first-order chi connectivity index (χ1) is 17.9. The summed E-state index contributed by atoms with van der Waals surface area (Å²) in [5, 5.41) is 2.76. The van der Waals surface area contributed by atoms with Crippen LogP contribution >= 0.6 is 0 Å². The lowest BCUT2D eigenvalue weighted by molar-refractivity contribution is -0.116. The first kappa shape index (κ1) is 26.2. The second-order valence-electron chi connectivity index (χ2n) is 8.53. The number of nitrogens with zero attached hydrogens (tertiary/aromatic N) is 2. The summed E-state index contributed by atoms with van der Waals surface area (Å²) in [6.45, 7) is 2.50. The van der Waals surface area contributed by atoms with E-state index in [0.717, 1.165) is 18.8 Å². The topological polar surface area (TPSA) is 108 Å². The number of sulfonamides is 1. The highest BCUT2D eigenvalue weighted by atomic mass is 32.2. The third kappa shape index (κ3) is 6.66. The lowest BCUT2D eigenvalue weighted by Crippen LogP contribution is -2.48. The van der Waals surface area contributed by atoms with Gasteiger partial charge in [0.05, 0.1) is 23.3 Å². The third-order valence-corrected chi connectivity index (χ3v) is 7.61. The molecule has 0 bridgehead atoms. The van der Waals surface area contributed by atoms with Crippen LogP contribution < -0.4 is 19.7 Å². The van der Waals surface area contributed by atoms with E-state index in [1.54, 1.807) is 41.3 Å². The average Bonchev–Trinajstić information content (AvgIpc) is 2.93. The second-order valence-corrected chi connectivity index (χ2v) is 10.3. The second kappa shape index (κ2) is 11.9. The first-order valence-corrected chi connectivity index (χ1v) is 13.5. The number of anilines is 2. The van der Waals surface area contributed by atoms with Crippen molar-refractivity contribution in [3.8, 4) is 5.75 Å². The number of carbonyl (C=O) groups excluding carboxylic acids is 2. The van der Waals surface area contributed by atoms with E-state index in [4.69, 9.17) is 4.74 Å². The first-order valence-electron chi connectivity index (χ1n) is 12.0. The van der Waals surface area contributed by atoms with Crippen LogP contribution in [-0.4, -0.2) is 65.0 Å². The molecule has 3 aromatic rings. The lowest BCUT2D eigenvalue weighted by Gasteiger charge is -2.36. The van der Waals surface area contributed by atoms with Crippen molar-refractivity contribution in [2.45, 2.75) is 11.3 Å². The number of benzene rings is 3. The van der Waals surface area contributed by atoms with Gasteiger partial charge >= 0.3 is 0 Å². The maximum atomic E-state index is 13.2. The van der Waals surface area contributed by atoms with Crippen LogP contribution in [0.2, 0.25) is 0 Å². The Morgan fingerprint density at radius 2 is 1.51 bits per heavy atom. The van der Waals surface area contributed by atoms with Gasteiger partial charge in [-0.3, -0.25) is 9.59 Å². The molecule has 0 unspecified atom stereocenters. The number of hydrogen-bond acceptors (Lipinski definition) is 6. The van der Waals surface area contributed by atoms with E-state index in [9.17, 15) is 18.0 Å². The number of para-hydroxylation sites is 2. The molecule has 4 rings (SSSR count). The number of hydrogen-bond donors (Lipinski definition) is 2. The van der Waals surface area contributed by atoms with Gasteiger partial charge in [0.25, 0.3) is 5.91 Å². The molecule has 0 radical (unpaired) electrons. The summed E-state index contributed by atoms with van der Waals surface area (Å²) in [5.41, 5.74) is 1.94. The largest absolute Gasteiger partial charge is 0.497 e. The predicted molar refractivity (Wildman–Crippen MR) is 142 cm³/mol. The molecular formula is C27H30N4O5S. The molecule has 2 amide bonds. The number of nitrogens with one attached hydrogen (secondary N) is 2. The Morgan fingerprint density at radius 3 is 2.19 bits per heavy atom. The highest BCUT2D eigenvalue weighted by Gasteiger charge is 2.24. The Hall–Kier alpha value is -3.89. The van der Waals surface area contributed by atoms with Gasteiger partial charge in [0.1, 0.15) is 5.75 Å².